The molecule has 2 nitrogen and oxygen atoms in total. The quantitative estimate of drug-likeness (QED) is 0.483. The second-order valence-electron chi connectivity index (χ2n) is 1.60. The highest BCUT2D eigenvalue weighted by molar-refractivity contribution is 6.27. The topological polar surface area (TPSA) is 29.1 Å². The Hall–Kier alpha value is -0.760. The minimum Gasteiger partial charge on any atom is -0.352 e. The van der Waals surface area contributed by atoms with Crippen molar-refractivity contribution in [3.63, 3.8) is 0 Å². The molecule has 0 aliphatic carbocycles. The zero-order valence-corrected chi connectivity index (χ0v) is 6.40. The molecule has 0 aliphatic rings. The first-order valence-electron chi connectivity index (χ1n) is 2.91. The molecule has 0 saturated carbocycles. The molecule has 10 heavy (non-hydrogen) atoms. The van der Waals surface area contributed by atoms with Gasteiger partial charge in [-0.05, 0) is 0 Å². The van der Waals surface area contributed by atoms with E-state index in [-0.39, 0.29) is 11.8 Å². The fraction of sp³-hybridized carbons (Fsp3) is 0.286. The molecule has 0 aromatic carbocycles. The molecular weight excluding hydrogens is 150 g/mol. The fourth-order valence-electron chi connectivity index (χ4n) is 0.384. The largest absolute Gasteiger partial charge is 0.352 e. The van der Waals surface area contributed by atoms with Crippen molar-refractivity contribution >= 4 is 17.5 Å². The van der Waals surface area contributed by atoms with Gasteiger partial charge >= 0.3 is 0 Å². The molecule has 0 radical (unpaired) electrons. The minimum absolute atomic E-state index is 0.0158. The van der Waals surface area contributed by atoms with Crippen molar-refractivity contribution in [3.8, 4) is 0 Å². The third-order valence-corrected chi connectivity index (χ3v) is 1.05. The maximum absolute atomic E-state index is 10.5. The number of allylic oxidation sites excluding steroid dienone is 2. The zero-order chi connectivity index (χ0) is 7.82. The summed E-state index contributed by atoms with van der Waals surface area (Å²) in [6.45, 7) is 3.98. The first-order valence-corrected chi connectivity index (χ1v) is 3.45. The van der Waals surface area contributed by atoms with Crippen LogP contribution in [-0.2, 0) is 4.79 Å². The summed E-state index contributed by atoms with van der Waals surface area (Å²) in [7, 11) is 0. The molecule has 1 N–H and O–H groups in total. The van der Waals surface area contributed by atoms with Crippen LogP contribution in [0.1, 0.15) is 0 Å². The van der Waals surface area contributed by atoms with Gasteiger partial charge in [0.05, 0.1) is 0 Å². The van der Waals surface area contributed by atoms with E-state index in [9.17, 15) is 4.79 Å². The normalized spacial score (nSPS) is 9.70. The maximum Gasteiger partial charge on any atom is 0.235 e. The van der Waals surface area contributed by atoms with Gasteiger partial charge in [-0.15, -0.1) is 11.6 Å². The SMILES string of the molecule is C=C/C=C\CNC(=O)CCl. The summed E-state index contributed by atoms with van der Waals surface area (Å²) in [6.07, 6.45) is 5.19. The van der Waals surface area contributed by atoms with E-state index in [4.69, 9.17) is 11.6 Å². The van der Waals surface area contributed by atoms with Crippen molar-refractivity contribution in [3.05, 3.63) is 24.8 Å². The Balaban J connectivity index is 3.27. The van der Waals surface area contributed by atoms with Gasteiger partial charge in [0.25, 0.3) is 0 Å². The van der Waals surface area contributed by atoms with Crippen LogP contribution in [-0.4, -0.2) is 18.3 Å². The lowest BCUT2D eigenvalue weighted by Crippen LogP contribution is -2.24. The third-order valence-electron chi connectivity index (χ3n) is 0.811. The Morgan fingerprint density at radius 1 is 1.70 bits per heavy atom. The van der Waals surface area contributed by atoms with Crippen LogP contribution in [0, 0.1) is 0 Å². The summed E-state index contributed by atoms with van der Waals surface area (Å²) in [6, 6.07) is 0. The number of hydrogen-bond donors (Lipinski definition) is 1. The number of halogens is 1. The highest BCUT2D eigenvalue weighted by Crippen LogP contribution is 1.75. The van der Waals surface area contributed by atoms with E-state index in [0.29, 0.717) is 6.54 Å². The van der Waals surface area contributed by atoms with Gasteiger partial charge in [0.15, 0.2) is 0 Å². The van der Waals surface area contributed by atoms with Gasteiger partial charge in [0, 0.05) is 6.54 Å². The second kappa shape index (κ2) is 6.36. The van der Waals surface area contributed by atoms with Crippen molar-refractivity contribution in [1.29, 1.82) is 0 Å². The number of amides is 1. The number of nitrogens with one attached hydrogen (secondary N) is 1. The smallest absolute Gasteiger partial charge is 0.235 e. The van der Waals surface area contributed by atoms with E-state index in [1.54, 1.807) is 18.2 Å². The molecule has 0 rings (SSSR count). The Labute approximate surface area is 65.6 Å². The Kier molecular flexibility index (Phi) is 5.88. The monoisotopic (exact) mass is 159 g/mol. The first-order chi connectivity index (χ1) is 4.81. The first kappa shape index (κ1) is 9.24. The predicted octanol–water partition coefficient (Wildman–Crippen LogP) is 1.08. The fourth-order valence-corrected chi connectivity index (χ4v) is 0.479. The van der Waals surface area contributed by atoms with E-state index >= 15 is 0 Å². The van der Waals surface area contributed by atoms with Crippen molar-refractivity contribution in [2.45, 2.75) is 0 Å². The van der Waals surface area contributed by atoms with E-state index < -0.39 is 0 Å². The molecule has 0 saturated heterocycles. The van der Waals surface area contributed by atoms with E-state index in [1.165, 1.54) is 0 Å². The third kappa shape index (κ3) is 5.38. The summed E-state index contributed by atoms with van der Waals surface area (Å²) in [4.78, 5) is 10.5. The van der Waals surface area contributed by atoms with Crippen LogP contribution in [0.4, 0.5) is 0 Å². The number of hydrogen-bond acceptors (Lipinski definition) is 1. The van der Waals surface area contributed by atoms with Crippen LogP contribution < -0.4 is 5.32 Å². The molecule has 0 aliphatic heterocycles. The zero-order valence-electron chi connectivity index (χ0n) is 5.64. The number of rotatable bonds is 4. The van der Waals surface area contributed by atoms with E-state index in [1.807, 2.05) is 0 Å². The Morgan fingerprint density at radius 2 is 2.40 bits per heavy atom. The molecule has 0 unspecified atom stereocenters. The molecule has 0 aromatic rings. The molecule has 0 aromatic heterocycles. The lowest BCUT2D eigenvalue weighted by atomic mass is 10.5. The summed E-state index contributed by atoms with van der Waals surface area (Å²) >= 11 is 5.21. The summed E-state index contributed by atoms with van der Waals surface area (Å²) < 4.78 is 0. The molecule has 0 spiro atoms. The van der Waals surface area contributed by atoms with Crippen LogP contribution in [0.15, 0.2) is 24.8 Å². The average Bonchev–Trinajstić information content (AvgIpc) is 1.98. The number of carbonyl (C=O) groups excluding carboxylic acids is 1. The van der Waals surface area contributed by atoms with Crippen molar-refractivity contribution in [1.82, 2.24) is 5.32 Å². The molecule has 0 heterocycles. The summed E-state index contributed by atoms with van der Waals surface area (Å²) in [5.74, 6) is -0.141. The van der Waals surface area contributed by atoms with Crippen LogP contribution in [0.2, 0.25) is 0 Å². The van der Waals surface area contributed by atoms with Crippen LogP contribution in [0.5, 0.6) is 0 Å². The number of carbonyl (C=O) groups is 1. The molecule has 0 bridgehead atoms. The minimum atomic E-state index is -0.157. The van der Waals surface area contributed by atoms with Gasteiger partial charge in [-0.3, -0.25) is 4.79 Å². The van der Waals surface area contributed by atoms with Crippen LogP contribution in [0.25, 0.3) is 0 Å². The van der Waals surface area contributed by atoms with Gasteiger partial charge in [-0.1, -0.05) is 24.8 Å². The highest BCUT2D eigenvalue weighted by Gasteiger charge is 1.91. The van der Waals surface area contributed by atoms with Crippen LogP contribution in [0.3, 0.4) is 0 Å². The standard InChI is InChI=1S/C7H10ClNO/c1-2-3-4-5-9-7(10)6-8/h2-4H,1,5-6H2,(H,9,10)/b4-3-. The van der Waals surface area contributed by atoms with Gasteiger partial charge < -0.3 is 5.32 Å². The molecule has 0 fully saturated rings. The Morgan fingerprint density at radius 3 is 2.90 bits per heavy atom. The van der Waals surface area contributed by atoms with Crippen molar-refractivity contribution in [2.24, 2.45) is 0 Å². The maximum atomic E-state index is 10.5. The molecule has 1 amide bonds. The van der Waals surface area contributed by atoms with Gasteiger partial charge in [0.2, 0.25) is 5.91 Å². The molecule has 0 atom stereocenters. The van der Waals surface area contributed by atoms with E-state index in [0.717, 1.165) is 0 Å². The predicted molar refractivity (Wildman–Crippen MR) is 43.1 cm³/mol. The van der Waals surface area contributed by atoms with Crippen molar-refractivity contribution < 1.29 is 4.79 Å². The van der Waals surface area contributed by atoms with Gasteiger partial charge in [0.1, 0.15) is 5.88 Å². The second-order valence-corrected chi connectivity index (χ2v) is 1.87. The Bertz CT molecular complexity index is 143. The van der Waals surface area contributed by atoms with Gasteiger partial charge in [-0.25, -0.2) is 0 Å². The lowest BCUT2D eigenvalue weighted by molar-refractivity contribution is -0.118. The highest BCUT2D eigenvalue weighted by atomic mass is 35.5. The average molecular weight is 160 g/mol. The summed E-state index contributed by atoms with van der Waals surface area (Å²) in [5, 5.41) is 2.56. The lowest BCUT2D eigenvalue weighted by Gasteiger charge is -1.94. The van der Waals surface area contributed by atoms with Gasteiger partial charge in [-0.2, -0.15) is 0 Å². The summed E-state index contributed by atoms with van der Waals surface area (Å²) in [5.41, 5.74) is 0. The number of alkyl halides is 1. The molecule has 3 heteroatoms. The van der Waals surface area contributed by atoms with Crippen molar-refractivity contribution in [2.75, 3.05) is 12.4 Å². The van der Waals surface area contributed by atoms with E-state index in [2.05, 4.69) is 11.9 Å². The molecular formula is C7H10ClNO. The molecule has 56 valence electrons. The van der Waals surface area contributed by atoms with Crippen LogP contribution >= 0.6 is 11.6 Å².